The van der Waals surface area contributed by atoms with Crippen molar-refractivity contribution in [3.8, 4) is 0 Å². The monoisotopic (exact) mass is 343 g/mol. The Balaban J connectivity index is 2.01. The smallest absolute Gasteiger partial charge is 0.310 e. The number of piperidine rings is 1. The lowest BCUT2D eigenvalue weighted by Gasteiger charge is -2.42. The van der Waals surface area contributed by atoms with Crippen LogP contribution in [0.2, 0.25) is 10.0 Å². The van der Waals surface area contributed by atoms with Gasteiger partial charge in [0.05, 0.1) is 29.2 Å². The topological polar surface area (TPSA) is 49.8 Å². The van der Waals surface area contributed by atoms with E-state index in [9.17, 15) is 9.90 Å². The van der Waals surface area contributed by atoms with Crippen LogP contribution >= 0.6 is 23.2 Å². The Kier molecular flexibility index (Phi) is 4.38. The number of ether oxygens (including phenoxy) is 1. The van der Waals surface area contributed by atoms with E-state index in [1.54, 1.807) is 6.07 Å². The first-order valence-electron chi connectivity index (χ1n) is 7.36. The molecule has 0 saturated carbocycles. The van der Waals surface area contributed by atoms with Crippen molar-refractivity contribution in [3.05, 3.63) is 33.8 Å². The Morgan fingerprint density at radius 2 is 2.05 bits per heavy atom. The van der Waals surface area contributed by atoms with Crippen LogP contribution in [-0.2, 0) is 9.53 Å². The minimum absolute atomic E-state index is 0.0226. The number of hydrogen-bond acceptors (Lipinski definition) is 4. The summed E-state index contributed by atoms with van der Waals surface area (Å²) in [6.45, 7) is 0. The summed E-state index contributed by atoms with van der Waals surface area (Å²) in [5.74, 6) is -0.709. The van der Waals surface area contributed by atoms with Crippen molar-refractivity contribution in [1.29, 1.82) is 0 Å². The fourth-order valence-corrected chi connectivity index (χ4v) is 4.36. The molecule has 0 aromatic heterocycles. The zero-order valence-corrected chi connectivity index (χ0v) is 14.0. The van der Waals surface area contributed by atoms with E-state index in [4.69, 9.17) is 27.9 Å². The summed E-state index contributed by atoms with van der Waals surface area (Å²) in [5.41, 5.74) is 0.974. The molecule has 6 heteroatoms. The molecule has 2 aliphatic rings. The van der Waals surface area contributed by atoms with Gasteiger partial charge < -0.3 is 9.84 Å². The standard InChI is InChI=1S/C16H19Cl2NO3/c1-19-9-6-10(8-3-4-11(17)12(18)5-8)14(16(21)22-2)15(19)13(20)7-9/h3-5,9-10,13-15,20H,6-7H2,1-2H3/t9?,10?,13?,14?,15-/m0/s1. The largest absolute Gasteiger partial charge is 0.469 e. The van der Waals surface area contributed by atoms with Crippen LogP contribution in [0.15, 0.2) is 18.2 Å². The number of benzene rings is 1. The van der Waals surface area contributed by atoms with Crippen LogP contribution in [0.3, 0.4) is 0 Å². The first-order valence-corrected chi connectivity index (χ1v) is 8.12. The maximum absolute atomic E-state index is 12.4. The van der Waals surface area contributed by atoms with Crippen LogP contribution < -0.4 is 0 Å². The molecule has 0 aliphatic carbocycles. The van der Waals surface area contributed by atoms with Crippen molar-refractivity contribution in [2.45, 2.75) is 36.9 Å². The fraction of sp³-hybridized carbons (Fsp3) is 0.562. The molecular formula is C16H19Cl2NO3. The fourth-order valence-electron chi connectivity index (χ4n) is 4.06. The summed E-state index contributed by atoms with van der Waals surface area (Å²) >= 11 is 12.1. The highest BCUT2D eigenvalue weighted by Crippen LogP contribution is 2.47. The summed E-state index contributed by atoms with van der Waals surface area (Å²) < 4.78 is 5.01. The zero-order valence-electron chi connectivity index (χ0n) is 12.5. The van der Waals surface area contributed by atoms with Gasteiger partial charge in [-0.15, -0.1) is 0 Å². The lowest BCUT2D eigenvalue weighted by molar-refractivity contribution is -0.151. The van der Waals surface area contributed by atoms with Crippen molar-refractivity contribution in [2.75, 3.05) is 14.2 Å². The number of methoxy groups -OCH3 is 1. The number of carbonyl (C=O) groups is 1. The molecule has 1 N–H and O–H groups in total. The van der Waals surface area contributed by atoms with Crippen LogP contribution in [0.25, 0.3) is 0 Å². The summed E-state index contributed by atoms with van der Waals surface area (Å²) in [5, 5.41) is 11.3. The molecule has 22 heavy (non-hydrogen) atoms. The predicted molar refractivity (Wildman–Crippen MR) is 85.3 cm³/mol. The van der Waals surface area contributed by atoms with Gasteiger partial charge in [-0.05, 0) is 37.6 Å². The Labute approximate surface area is 140 Å². The van der Waals surface area contributed by atoms with Gasteiger partial charge in [-0.25, -0.2) is 0 Å². The first kappa shape index (κ1) is 16.1. The average Bonchev–Trinajstić information content (AvgIpc) is 2.68. The number of hydrogen-bond donors (Lipinski definition) is 1. The molecule has 5 atom stereocenters. The average molecular weight is 344 g/mol. The maximum atomic E-state index is 12.4. The molecule has 2 heterocycles. The van der Waals surface area contributed by atoms with Crippen molar-refractivity contribution in [2.24, 2.45) is 5.92 Å². The molecule has 2 fully saturated rings. The van der Waals surface area contributed by atoms with E-state index in [0.717, 1.165) is 12.0 Å². The number of carbonyl (C=O) groups excluding carboxylic acids is 1. The molecule has 0 amide bonds. The Morgan fingerprint density at radius 3 is 2.68 bits per heavy atom. The van der Waals surface area contributed by atoms with E-state index in [1.165, 1.54) is 7.11 Å². The van der Waals surface area contributed by atoms with Gasteiger partial charge in [0.25, 0.3) is 0 Å². The number of aliphatic hydroxyl groups excluding tert-OH is 1. The highest BCUT2D eigenvalue weighted by atomic mass is 35.5. The summed E-state index contributed by atoms with van der Waals surface area (Å²) in [4.78, 5) is 14.5. The summed E-state index contributed by atoms with van der Waals surface area (Å²) in [7, 11) is 3.36. The van der Waals surface area contributed by atoms with Crippen LogP contribution in [0.1, 0.15) is 24.3 Å². The molecule has 1 aromatic rings. The van der Waals surface area contributed by atoms with Gasteiger partial charge in [0.15, 0.2) is 0 Å². The zero-order chi connectivity index (χ0) is 16.0. The number of rotatable bonds is 2. The third kappa shape index (κ3) is 2.52. The third-order valence-corrected chi connectivity index (χ3v) is 5.87. The second-order valence-electron chi connectivity index (χ2n) is 6.18. The van der Waals surface area contributed by atoms with Gasteiger partial charge >= 0.3 is 5.97 Å². The van der Waals surface area contributed by atoms with Crippen LogP contribution in [0.4, 0.5) is 0 Å². The van der Waals surface area contributed by atoms with Gasteiger partial charge in [-0.3, -0.25) is 9.69 Å². The Bertz CT molecular complexity index is 595. The molecule has 2 saturated heterocycles. The molecule has 4 nitrogen and oxygen atoms in total. The van der Waals surface area contributed by atoms with E-state index in [2.05, 4.69) is 4.90 Å². The minimum atomic E-state index is -0.508. The highest BCUT2D eigenvalue weighted by molar-refractivity contribution is 6.42. The molecular weight excluding hydrogens is 325 g/mol. The molecule has 2 aliphatic heterocycles. The number of esters is 1. The van der Waals surface area contributed by atoms with E-state index in [-0.39, 0.29) is 24.0 Å². The number of fused-ring (bicyclic) bond motifs is 2. The van der Waals surface area contributed by atoms with Gasteiger partial charge in [0, 0.05) is 18.0 Å². The Morgan fingerprint density at radius 1 is 1.32 bits per heavy atom. The molecule has 2 bridgehead atoms. The van der Waals surface area contributed by atoms with E-state index in [1.807, 2.05) is 19.2 Å². The normalized spacial score (nSPS) is 34.7. The lowest BCUT2D eigenvalue weighted by atomic mass is 9.76. The highest BCUT2D eigenvalue weighted by Gasteiger charge is 2.53. The van der Waals surface area contributed by atoms with Crippen molar-refractivity contribution in [1.82, 2.24) is 4.90 Å². The SMILES string of the molecule is COC(=O)C1C(c2ccc(Cl)c(Cl)c2)CC2CC(O)[C@@H]1N2C. The van der Waals surface area contributed by atoms with Gasteiger partial charge in [-0.2, -0.15) is 0 Å². The quantitative estimate of drug-likeness (QED) is 0.838. The molecule has 0 radical (unpaired) electrons. The number of likely N-dealkylation sites (N-methyl/N-ethyl adjacent to an activating group) is 1. The van der Waals surface area contributed by atoms with Crippen LogP contribution in [0, 0.1) is 5.92 Å². The second-order valence-corrected chi connectivity index (χ2v) is 6.99. The number of halogens is 2. The molecule has 120 valence electrons. The van der Waals surface area contributed by atoms with Gasteiger partial charge in [-0.1, -0.05) is 29.3 Å². The van der Waals surface area contributed by atoms with Crippen LogP contribution in [0.5, 0.6) is 0 Å². The first-order chi connectivity index (χ1) is 10.4. The van der Waals surface area contributed by atoms with Gasteiger partial charge in [0.2, 0.25) is 0 Å². The number of nitrogens with zero attached hydrogens (tertiary/aromatic N) is 1. The molecule has 0 spiro atoms. The summed E-state index contributed by atoms with van der Waals surface area (Å²) in [6.07, 6.45) is 0.973. The third-order valence-electron chi connectivity index (χ3n) is 5.13. The van der Waals surface area contributed by atoms with Crippen molar-refractivity contribution >= 4 is 29.2 Å². The van der Waals surface area contributed by atoms with Crippen molar-refractivity contribution in [3.63, 3.8) is 0 Å². The molecule has 3 rings (SSSR count). The van der Waals surface area contributed by atoms with E-state index < -0.39 is 12.0 Å². The second kappa shape index (κ2) is 6.00. The molecule has 4 unspecified atom stereocenters. The maximum Gasteiger partial charge on any atom is 0.310 e. The Hall–Kier alpha value is -0.810. The number of aliphatic hydroxyl groups is 1. The van der Waals surface area contributed by atoms with Crippen molar-refractivity contribution < 1.29 is 14.6 Å². The van der Waals surface area contributed by atoms with Crippen LogP contribution in [-0.4, -0.2) is 48.3 Å². The minimum Gasteiger partial charge on any atom is -0.469 e. The molecule has 1 aromatic carbocycles. The predicted octanol–water partition coefficient (Wildman–Crippen LogP) is 2.70. The summed E-state index contributed by atoms with van der Waals surface area (Å²) in [6, 6.07) is 5.53. The van der Waals surface area contributed by atoms with Gasteiger partial charge in [0.1, 0.15) is 0 Å². The lowest BCUT2D eigenvalue weighted by Crippen LogP contribution is -2.51. The van der Waals surface area contributed by atoms with E-state index in [0.29, 0.717) is 16.5 Å². The van der Waals surface area contributed by atoms with E-state index >= 15 is 0 Å².